The summed E-state index contributed by atoms with van der Waals surface area (Å²) >= 11 is 0. The second kappa shape index (κ2) is 37.2. The molecule has 2 aromatic rings. The van der Waals surface area contributed by atoms with Gasteiger partial charge in [-0.3, -0.25) is 4.79 Å². The highest BCUT2D eigenvalue weighted by Gasteiger charge is 2.25. The van der Waals surface area contributed by atoms with Gasteiger partial charge in [0.25, 0.3) is 0 Å². The van der Waals surface area contributed by atoms with Gasteiger partial charge >= 0.3 is 12.2 Å². The average molecular weight is 1010 g/mol. The van der Waals surface area contributed by atoms with E-state index in [1.165, 1.54) is 5.56 Å². The van der Waals surface area contributed by atoms with Crippen molar-refractivity contribution in [3.05, 3.63) is 46.5 Å². The van der Waals surface area contributed by atoms with Crippen molar-refractivity contribution in [2.24, 2.45) is 11.5 Å². The maximum Gasteiger partial charge on any atom is 0.407 e. The molecule has 2 aromatic carbocycles. The van der Waals surface area contributed by atoms with Crippen LogP contribution in [0.1, 0.15) is 110 Å². The lowest BCUT2D eigenvalue weighted by Gasteiger charge is -2.27. The van der Waals surface area contributed by atoms with Crippen LogP contribution >= 0.6 is 0 Å². The average Bonchev–Trinajstić information content (AvgIpc) is 3.31. The van der Waals surface area contributed by atoms with Crippen molar-refractivity contribution in [2.75, 3.05) is 114 Å². The lowest BCUT2D eigenvalue weighted by molar-refractivity contribution is -0.134. The topological polar surface area (TPSA) is 235 Å². The predicted molar refractivity (Wildman–Crippen MR) is 277 cm³/mol. The van der Waals surface area contributed by atoms with Gasteiger partial charge in [0.2, 0.25) is 5.91 Å². The molecule has 0 aliphatic rings. The van der Waals surface area contributed by atoms with E-state index in [0.717, 1.165) is 66.7 Å². The van der Waals surface area contributed by atoms with Crippen LogP contribution in [0.25, 0.3) is 0 Å². The Kier molecular flexibility index (Phi) is 33.7. The van der Waals surface area contributed by atoms with Gasteiger partial charge < -0.3 is 79.7 Å². The number of nitrogens with zero attached hydrogens (tertiary/aromatic N) is 1. The molecule has 1 unspecified atom stereocenters. The third kappa shape index (κ3) is 29.5. The fourth-order valence-electron chi connectivity index (χ4n) is 6.85. The Morgan fingerprint density at radius 2 is 1.00 bits per heavy atom. The van der Waals surface area contributed by atoms with E-state index in [2.05, 4.69) is 41.9 Å². The van der Waals surface area contributed by atoms with Crippen LogP contribution in [0, 0.1) is 0 Å². The maximum absolute atomic E-state index is 13.4. The van der Waals surface area contributed by atoms with E-state index in [4.69, 9.17) is 58.8 Å². The van der Waals surface area contributed by atoms with Gasteiger partial charge in [-0.05, 0) is 109 Å². The molecule has 7 N–H and O–H groups in total. The van der Waals surface area contributed by atoms with E-state index < -0.39 is 29.4 Å². The number of hydrogen-bond acceptors (Lipinski definition) is 16. The van der Waals surface area contributed by atoms with E-state index >= 15 is 0 Å². The molecule has 19 heteroatoms. The monoisotopic (exact) mass is 1010 g/mol. The van der Waals surface area contributed by atoms with Gasteiger partial charge in [0.15, 0.2) is 0 Å². The van der Waals surface area contributed by atoms with Gasteiger partial charge in [-0.1, -0.05) is 33.1 Å². The van der Waals surface area contributed by atoms with Crippen molar-refractivity contribution in [3.8, 4) is 23.0 Å². The normalized spacial score (nSPS) is 11.7. The van der Waals surface area contributed by atoms with Crippen molar-refractivity contribution < 1.29 is 61.8 Å². The molecule has 1 atom stereocenters. The molecule has 71 heavy (non-hydrogen) atoms. The highest BCUT2D eigenvalue weighted by molar-refractivity contribution is 5.81. The summed E-state index contributed by atoms with van der Waals surface area (Å²) in [6, 6.07) is 7.51. The molecule has 0 saturated carbocycles. The quantitative estimate of drug-likeness (QED) is 0.0477. The van der Waals surface area contributed by atoms with Crippen molar-refractivity contribution in [2.45, 2.75) is 131 Å². The summed E-state index contributed by atoms with van der Waals surface area (Å²) < 4.78 is 55.0. The maximum atomic E-state index is 13.4. The number of aryl methyl sites for hydroxylation is 2. The molecule has 3 amide bonds. The number of nitrogens with one attached hydrogen (secondary N) is 3. The van der Waals surface area contributed by atoms with Crippen molar-refractivity contribution >= 4 is 18.1 Å². The van der Waals surface area contributed by atoms with Crippen LogP contribution in [0.15, 0.2) is 24.3 Å². The number of carbonyl (C=O) groups is 3. The molecule has 408 valence electrons. The zero-order valence-corrected chi connectivity index (χ0v) is 45.4. The standard InChI is InChI=1S/C29H52N4O7.C23H40N2O6/c1-7-10-22-19-25(36-5)23(26(20-22)37-6)21-33(27(34)24(31)11-8-9-12-30)14-16-39-18-17-38-15-13-32-28(35)40-29(2,3)4;1-7-8-18-15-20(27-5)19(21(16-18)28-6)17-24-9-11-29-13-14-30-12-10-25-22(26)31-23(2,3)4/h19-20,24H,7-18,21,30-31H2,1-6H3,(H,32,35);15-16,24H,7-14,17H2,1-6H3,(H,25,26). The summed E-state index contributed by atoms with van der Waals surface area (Å²) in [5.74, 6) is 2.86. The fourth-order valence-corrected chi connectivity index (χ4v) is 6.85. The highest BCUT2D eigenvalue weighted by Crippen LogP contribution is 2.33. The fraction of sp³-hybridized carbons (Fsp3) is 0.712. The Labute approximate surface area is 425 Å². The number of hydrogen-bond donors (Lipinski definition) is 5. The van der Waals surface area contributed by atoms with Gasteiger partial charge in [0.05, 0.1) is 99.4 Å². The first-order chi connectivity index (χ1) is 33.9. The van der Waals surface area contributed by atoms with Gasteiger partial charge in [-0.25, -0.2) is 9.59 Å². The molecule has 0 bridgehead atoms. The van der Waals surface area contributed by atoms with Gasteiger partial charge in [0.1, 0.15) is 34.2 Å². The van der Waals surface area contributed by atoms with E-state index in [0.29, 0.717) is 110 Å². The molecule has 0 saturated heterocycles. The summed E-state index contributed by atoms with van der Waals surface area (Å²) in [6.45, 7) is 21.7. The number of benzene rings is 2. The summed E-state index contributed by atoms with van der Waals surface area (Å²) in [5, 5.41) is 8.64. The molecular formula is C52H92N6O13. The first-order valence-electron chi connectivity index (χ1n) is 25.0. The third-order valence-corrected chi connectivity index (χ3v) is 10.2. The Hall–Kier alpha value is -4.63. The van der Waals surface area contributed by atoms with E-state index in [-0.39, 0.29) is 12.5 Å². The minimum atomic E-state index is -0.635. The molecule has 0 radical (unpaired) electrons. The summed E-state index contributed by atoms with van der Waals surface area (Å²) in [6.07, 6.45) is 5.20. The zero-order chi connectivity index (χ0) is 53.1. The molecular weight excluding hydrogens is 917 g/mol. The molecule has 2 rings (SSSR count). The summed E-state index contributed by atoms with van der Waals surface area (Å²) in [7, 11) is 6.59. The number of methoxy groups -OCH3 is 4. The number of rotatable bonds is 35. The molecule has 0 heterocycles. The van der Waals surface area contributed by atoms with Crippen LogP contribution in [0.4, 0.5) is 9.59 Å². The Morgan fingerprint density at radius 3 is 1.39 bits per heavy atom. The smallest absolute Gasteiger partial charge is 0.407 e. The molecule has 19 nitrogen and oxygen atoms in total. The zero-order valence-electron chi connectivity index (χ0n) is 45.4. The molecule has 0 aliphatic heterocycles. The van der Waals surface area contributed by atoms with Crippen LogP contribution < -0.4 is 46.4 Å². The van der Waals surface area contributed by atoms with Crippen molar-refractivity contribution in [1.29, 1.82) is 0 Å². The molecule has 0 fully saturated rings. The van der Waals surface area contributed by atoms with Crippen molar-refractivity contribution in [1.82, 2.24) is 20.9 Å². The first-order valence-corrected chi connectivity index (χ1v) is 25.0. The van der Waals surface area contributed by atoms with Crippen LogP contribution in [0.5, 0.6) is 23.0 Å². The van der Waals surface area contributed by atoms with Crippen LogP contribution in [0.2, 0.25) is 0 Å². The van der Waals surface area contributed by atoms with Gasteiger partial charge in [-0.2, -0.15) is 0 Å². The second-order valence-electron chi connectivity index (χ2n) is 18.6. The van der Waals surface area contributed by atoms with Crippen LogP contribution in [-0.4, -0.2) is 154 Å². The Bertz CT molecular complexity index is 1720. The van der Waals surface area contributed by atoms with Crippen LogP contribution in [0.3, 0.4) is 0 Å². The van der Waals surface area contributed by atoms with E-state index in [9.17, 15) is 14.4 Å². The van der Waals surface area contributed by atoms with E-state index in [1.54, 1.807) is 54.1 Å². The van der Waals surface area contributed by atoms with Crippen molar-refractivity contribution in [3.63, 3.8) is 0 Å². The summed E-state index contributed by atoms with van der Waals surface area (Å²) in [5.41, 5.74) is 15.0. The number of carbonyl (C=O) groups excluding carboxylic acids is 3. The van der Waals surface area contributed by atoms with Crippen LogP contribution in [-0.2, 0) is 59.1 Å². The largest absolute Gasteiger partial charge is 0.496 e. The lowest BCUT2D eigenvalue weighted by Crippen LogP contribution is -2.45. The Morgan fingerprint density at radius 1 is 0.592 bits per heavy atom. The number of nitrogens with two attached hydrogens (primary N) is 2. The minimum absolute atomic E-state index is 0.160. The third-order valence-electron chi connectivity index (χ3n) is 10.2. The Balaban J connectivity index is 0.000000733. The predicted octanol–water partition coefficient (Wildman–Crippen LogP) is 6.30. The first kappa shape index (κ1) is 64.4. The molecule has 0 aromatic heterocycles. The summed E-state index contributed by atoms with van der Waals surface area (Å²) in [4.78, 5) is 38.2. The van der Waals surface area contributed by atoms with E-state index in [1.807, 2.05) is 32.9 Å². The lowest BCUT2D eigenvalue weighted by atomic mass is 10.0. The second-order valence-corrected chi connectivity index (χ2v) is 18.6. The highest BCUT2D eigenvalue weighted by atomic mass is 16.6. The number of ether oxygens (including phenoxy) is 10. The number of alkyl carbamates (subject to hydrolysis) is 2. The number of amides is 3. The number of unbranched alkanes of at least 4 members (excludes halogenated alkanes) is 1. The SMILES string of the molecule is CCCc1cc(OC)c(CN(CCOCCOCCNC(=O)OC(C)(C)C)C(=O)C(N)CCCCN)c(OC)c1.CCCc1cc(OC)c(CNCCOCCOCCNC(=O)OC(C)(C)C)c(OC)c1. The van der Waals surface area contributed by atoms with Gasteiger partial charge in [0, 0.05) is 38.3 Å². The van der Waals surface area contributed by atoms with Gasteiger partial charge in [-0.15, -0.1) is 0 Å². The minimum Gasteiger partial charge on any atom is -0.496 e. The molecule has 0 spiro atoms. The molecule has 0 aliphatic carbocycles.